The lowest BCUT2D eigenvalue weighted by atomic mass is 10.1. The van der Waals surface area contributed by atoms with Crippen LogP contribution < -0.4 is 4.74 Å². The fourth-order valence-corrected chi connectivity index (χ4v) is 2.18. The number of fused-ring (bicyclic) bond motifs is 1. The Bertz CT molecular complexity index is 558. The Labute approximate surface area is 98.8 Å². The fraction of sp³-hybridized carbons (Fsp3) is 0.308. The van der Waals surface area contributed by atoms with Crippen molar-refractivity contribution in [2.75, 3.05) is 13.2 Å². The zero-order valence-corrected chi connectivity index (χ0v) is 9.30. The summed E-state index contributed by atoms with van der Waals surface area (Å²) in [5.41, 5.74) is 1.98. The lowest BCUT2D eigenvalue weighted by molar-refractivity contribution is 0.121. The van der Waals surface area contributed by atoms with Crippen LogP contribution >= 0.6 is 0 Å². The first-order valence-corrected chi connectivity index (χ1v) is 5.75. The Balaban J connectivity index is 1.73. The molecule has 3 heterocycles. The van der Waals surface area contributed by atoms with E-state index < -0.39 is 0 Å². The van der Waals surface area contributed by atoms with Crippen LogP contribution in [-0.2, 0) is 11.3 Å². The van der Waals surface area contributed by atoms with E-state index in [0.717, 1.165) is 30.3 Å². The normalized spacial score (nSPS) is 25.4. The molecule has 1 atom stereocenters. The van der Waals surface area contributed by atoms with Crippen molar-refractivity contribution in [1.29, 1.82) is 0 Å². The summed E-state index contributed by atoms with van der Waals surface area (Å²) >= 11 is 0. The summed E-state index contributed by atoms with van der Waals surface area (Å²) in [6.45, 7) is 2.23. The summed E-state index contributed by atoms with van der Waals surface area (Å²) in [6, 6.07) is 12.1. The third-order valence-electron chi connectivity index (χ3n) is 3.29. The molecule has 0 radical (unpaired) electrons. The molecule has 1 fully saturated rings. The minimum atomic E-state index is -0.0903. The van der Waals surface area contributed by atoms with Crippen LogP contribution in [0, 0.1) is 0 Å². The van der Waals surface area contributed by atoms with Crippen molar-refractivity contribution in [1.82, 2.24) is 9.78 Å². The number of benzene rings is 1. The van der Waals surface area contributed by atoms with E-state index in [-0.39, 0.29) is 5.60 Å². The molecule has 17 heavy (non-hydrogen) atoms. The molecule has 2 aliphatic heterocycles. The van der Waals surface area contributed by atoms with E-state index in [0.29, 0.717) is 6.61 Å². The van der Waals surface area contributed by atoms with Gasteiger partial charge in [0.25, 0.3) is 0 Å². The van der Waals surface area contributed by atoms with Crippen molar-refractivity contribution in [3.63, 3.8) is 0 Å². The number of aromatic nitrogens is 2. The molecule has 1 aromatic heterocycles. The maximum atomic E-state index is 5.68. The van der Waals surface area contributed by atoms with Crippen LogP contribution in [0.2, 0.25) is 0 Å². The van der Waals surface area contributed by atoms with E-state index in [4.69, 9.17) is 9.47 Å². The van der Waals surface area contributed by atoms with E-state index in [2.05, 4.69) is 17.2 Å². The molecular formula is C13H12N2O2. The highest BCUT2D eigenvalue weighted by Gasteiger charge is 2.49. The summed E-state index contributed by atoms with van der Waals surface area (Å²) in [4.78, 5) is 0. The van der Waals surface area contributed by atoms with Gasteiger partial charge < -0.3 is 9.47 Å². The van der Waals surface area contributed by atoms with Gasteiger partial charge in [-0.15, -0.1) is 0 Å². The highest BCUT2D eigenvalue weighted by atomic mass is 16.6. The predicted octanol–water partition coefficient (Wildman–Crippen LogP) is 1.71. The minimum absolute atomic E-state index is 0.0903. The van der Waals surface area contributed by atoms with Crippen LogP contribution in [-0.4, -0.2) is 28.6 Å². The van der Waals surface area contributed by atoms with Gasteiger partial charge in [0.2, 0.25) is 5.88 Å². The predicted molar refractivity (Wildman–Crippen MR) is 61.8 cm³/mol. The maximum Gasteiger partial charge on any atom is 0.212 e. The van der Waals surface area contributed by atoms with Crippen LogP contribution in [0.3, 0.4) is 0 Å². The lowest BCUT2D eigenvalue weighted by Crippen LogP contribution is -2.33. The Morgan fingerprint density at radius 2 is 2.00 bits per heavy atom. The molecule has 2 aromatic rings. The van der Waals surface area contributed by atoms with Gasteiger partial charge in [-0.25, -0.2) is 4.68 Å². The van der Waals surface area contributed by atoms with E-state index in [9.17, 15) is 0 Å². The molecule has 0 aliphatic carbocycles. The first-order valence-electron chi connectivity index (χ1n) is 5.75. The fourth-order valence-electron chi connectivity index (χ4n) is 2.18. The molecule has 2 aliphatic rings. The van der Waals surface area contributed by atoms with Gasteiger partial charge in [-0.3, -0.25) is 0 Å². The number of nitrogens with zero attached hydrogens (tertiary/aromatic N) is 2. The molecule has 0 N–H and O–H groups in total. The average molecular weight is 228 g/mol. The van der Waals surface area contributed by atoms with Crippen molar-refractivity contribution in [3.05, 3.63) is 36.4 Å². The molecule has 0 amide bonds. The van der Waals surface area contributed by atoms with E-state index in [1.165, 1.54) is 0 Å². The largest absolute Gasteiger partial charge is 0.475 e. The molecular weight excluding hydrogens is 216 g/mol. The van der Waals surface area contributed by atoms with Gasteiger partial charge >= 0.3 is 0 Å². The molecule has 4 rings (SSSR count). The lowest BCUT2D eigenvalue weighted by Gasteiger charge is -2.20. The van der Waals surface area contributed by atoms with Crippen LogP contribution in [0.25, 0.3) is 11.3 Å². The van der Waals surface area contributed by atoms with Gasteiger partial charge in [0.15, 0.2) is 0 Å². The van der Waals surface area contributed by atoms with Gasteiger partial charge in [0, 0.05) is 11.6 Å². The van der Waals surface area contributed by atoms with Crippen molar-refractivity contribution in [2.24, 2.45) is 0 Å². The van der Waals surface area contributed by atoms with Crippen molar-refractivity contribution in [3.8, 4) is 17.1 Å². The highest BCUT2D eigenvalue weighted by Crippen LogP contribution is 2.36. The number of ether oxygens (including phenoxy) is 2. The third-order valence-corrected chi connectivity index (χ3v) is 3.29. The van der Waals surface area contributed by atoms with Gasteiger partial charge in [0.1, 0.15) is 12.2 Å². The average Bonchev–Trinajstić information content (AvgIpc) is 2.98. The Morgan fingerprint density at radius 3 is 2.76 bits per heavy atom. The first kappa shape index (κ1) is 9.24. The van der Waals surface area contributed by atoms with E-state index in [1.54, 1.807) is 0 Å². The summed E-state index contributed by atoms with van der Waals surface area (Å²) < 4.78 is 13.0. The van der Waals surface area contributed by atoms with Crippen molar-refractivity contribution in [2.45, 2.75) is 12.1 Å². The van der Waals surface area contributed by atoms with Gasteiger partial charge in [-0.05, 0) is 0 Å². The number of rotatable bonds is 1. The van der Waals surface area contributed by atoms with E-state index >= 15 is 0 Å². The molecule has 4 nitrogen and oxygen atoms in total. The van der Waals surface area contributed by atoms with Gasteiger partial charge in [-0.1, -0.05) is 30.3 Å². The maximum absolute atomic E-state index is 5.68. The second-order valence-electron chi connectivity index (χ2n) is 4.65. The monoisotopic (exact) mass is 228 g/mol. The van der Waals surface area contributed by atoms with Crippen LogP contribution in [0.5, 0.6) is 5.88 Å². The molecule has 0 saturated carbocycles. The molecule has 1 saturated heterocycles. The summed E-state index contributed by atoms with van der Waals surface area (Å²) in [6.07, 6.45) is 0. The number of hydrogen-bond acceptors (Lipinski definition) is 3. The third kappa shape index (κ3) is 1.45. The first-order chi connectivity index (χ1) is 8.35. The number of epoxide rings is 1. The number of hydrogen-bond donors (Lipinski definition) is 0. The molecule has 1 spiro atoms. The molecule has 0 bridgehead atoms. The standard InChI is InChI=1S/C13H12N2O2/c1-2-4-10(5-3-1)11-6-12-15(14-11)7-13(8-16-12)9-17-13/h1-6H,7-9H2. The summed E-state index contributed by atoms with van der Waals surface area (Å²) in [7, 11) is 0. The SMILES string of the molecule is c1ccc(-c2cc3n(n2)CC2(CO3)CO2)cc1. The molecule has 1 aromatic carbocycles. The molecule has 4 heteroatoms. The van der Waals surface area contributed by atoms with Gasteiger partial charge in [0.05, 0.1) is 18.8 Å². The van der Waals surface area contributed by atoms with Crippen molar-refractivity contribution < 1.29 is 9.47 Å². The zero-order valence-electron chi connectivity index (χ0n) is 9.30. The Kier molecular flexibility index (Phi) is 1.69. The topological polar surface area (TPSA) is 39.6 Å². The smallest absolute Gasteiger partial charge is 0.212 e. The second-order valence-corrected chi connectivity index (χ2v) is 4.65. The van der Waals surface area contributed by atoms with Crippen molar-refractivity contribution >= 4 is 0 Å². The highest BCUT2D eigenvalue weighted by molar-refractivity contribution is 5.60. The molecule has 86 valence electrons. The Morgan fingerprint density at radius 1 is 1.18 bits per heavy atom. The van der Waals surface area contributed by atoms with Crippen LogP contribution in [0.1, 0.15) is 0 Å². The summed E-state index contributed by atoms with van der Waals surface area (Å²) in [5, 5.41) is 4.57. The molecule has 1 unspecified atom stereocenters. The van der Waals surface area contributed by atoms with Crippen LogP contribution in [0.4, 0.5) is 0 Å². The Hall–Kier alpha value is -1.81. The van der Waals surface area contributed by atoms with E-state index in [1.807, 2.05) is 28.9 Å². The second kappa shape index (κ2) is 3.11. The minimum Gasteiger partial charge on any atom is -0.475 e. The zero-order chi connectivity index (χ0) is 11.3. The quantitative estimate of drug-likeness (QED) is 0.697. The van der Waals surface area contributed by atoms with Gasteiger partial charge in [-0.2, -0.15) is 5.10 Å². The summed E-state index contributed by atoms with van der Waals surface area (Å²) in [5.74, 6) is 0.838. The van der Waals surface area contributed by atoms with Crippen LogP contribution in [0.15, 0.2) is 36.4 Å².